The molecule has 9 nitrogen and oxygen atoms in total. The average Bonchev–Trinajstić information content (AvgIpc) is 2.62. The number of carbonyl (C=O) groups excluding carboxylic acids is 3. The second kappa shape index (κ2) is 10.2. The normalized spacial score (nSPS) is 11.2. The van der Waals surface area contributed by atoms with Crippen LogP contribution in [0.5, 0.6) is 0 Å². The molecule has 0 aromatic heterocycles. The highest BCUT2D eigenvalue weighted by Gasteiger charge is 2.25. The van der Waals surface area contributed by atoms with Gasteiger partial charge in [0.1, 0.15) is 0 Å². The number of hydrogen-bond acceptors (Lipinski definition) is 5. The van der Waals surface area contributed by atoms with Gasteiger partial charge in [-0.25, -0.2) is 8.42 Å². The summed E-state index contributed by atoms with van der Waals surface area (Å²) in [5.74, 6) is -0.943. The van der Waals surface area contributed by atoms with Gasteiger partial charge in [-0.3, -0.25) is 14.4 Å². The maximum atomic E-state index is 12.6. The molecular weight excluding hydrogens is 384 g/mol. The Morgan fingerprint density at radius 1 is 0.929 bits per heavy atom. The van der Waals surface area contributed by atoms with Gasteiger partial charge in [0.25, 0.3) is 0 Å². The Kier molecular flexibility index (Phi) is 8.58. The van der Waals surface area contributed by atoms with E-state index in [1.807, 2.05) is 13.8 Å². The first kappa shape index (κ1) is 23.6. The number of likely N-dealkylation sites (N-methyl/N-ethyl adjacent to an activating group) is 3. The highest BCUT2D eigenvalue weighted by atomic mass is 32.2. The summed E-state index contributed by atoms with van der Waals surface area (Å²) in [6.45, 7) is 5.63. The molecule has 0 atom stereocenters. The molecule has 0 fully saturated rings. The van der Waals surface area contributed by atoms with Crippen molar-refractivity contribution < 1.29 is 22.8 Å². The minimum atomic E-state index is -3.89. The largest absolute Gasteiger partial charge is 0.342 e. The molecule has 1 aromatic carbocycles. The molecule has 0 unspecified atom stereocenters. The molecule has 10 heteroatoms. The number of hydrogen-bond donors (Lipinski definition) is 1. The van der Waals surface area contributed by atoms with Crippen molar-refractivity contribution >= 4 is 33.4 Å². The van der Waals surface area contributed by atoms with E-state index < -0.39 is 22.5 Å². The number of carbonyl (C=O) groups is 3. The minimum absolute atomic E-state index is 0.00114. The van der Waals surface area contributed by atoms with Crippen molar-refractivity contribution in [3.63, 3.8) is 0 Å². The average molecular weight is 413 g/mol. The van der Waals surface area contributed by atoms with E-state index in [0.29, 0.717) is 18.8 Å². The Balaban J connectivity index is 2.78. The lowest BCUT2D eigenvalue weighted by atomic mass is 10.3. The van der Waals surface area contributed by atoms with E-state index in [-0.39, 0.29) is 23.3 Å². The zero-order valence-electron chi connectivity index (χ0n) is 16.9. The van der Waals surface area contributed by atoms with Crippen LogP contribution in [0, 0.1) is 0 Å². The molecule has 0 aliphatic heterocycles. The first-order valence-electron chi connectivity index (χ1n) is 8.88. The van der Waals surface area contributed by atoms with Crippen LogP contribution in [0.3, 0.4) is 0 Å². The fourth-order valence-electron chi connectivity index (χ4n) is 2.46. The molecule has 1 rings (SSSR count). The van der Waals surface area contributed by atoms with E-state index in [1.54, 1.807) is 4.90 Å². The van der Waals surface area contributed by atoms with Crippen LogP contribution >= 0.6 is 0 Å². The van der Waals surface area contributed by atoms with Crippen LogP contribution in [0.1, 0.15) is 20.8 Å². The molecule has 0 radical (unpaired) electrons. The Morgan fingerprint density at radius 2 is 1.46 bits per heavy atom. The molecule has 1 N–H and O–H groups in total. The van der Waals surface area contributed by atoms with Gasteiger partial charge in [-0.2, -0.15) is 4.31 Å². The second-order valence-corrected chi connectivity index (χ2v) is 8.33. The number of sulfonamides is 1. The van der Waals surface area contributed by atoms with Crippen molar-refractivity contribution in [3.05, 3.63) is 24.3 Å². The smallest absolute Gasteiger partial charge is 0.243 e. The van der Waals surface area contributed by atoms with Crippen LogP contribution in [-0.2, 0) is 24.4 Å². The number of rotatable bonds is 9. The van der Waals surface area contributed by atoms with Crippen molar-refractivity contribution in [2.75, 3.05) is 45.6 Å². The molecule has 0 spiro atoms. The Hall–Kier alpha value is -2.46. The topological polar surface area (TPSA) is 107 Å². The van der Waals surface area contributed by atoms with E-state index in [9.17, 15) is 22.8 Å². The maximum Gasteiger partial charge on any atom is 0.243 e. The predicted octanol–water partition coefficient (Wildman–Crippen LogP) is 0.592. The van der Waals surface area contributed by atoms with Gasteiger partial charge >= 0.3 is 0 Å². The molecule has 1 aromatic rings. The summed E-state index contributed by atoms with van der Waals surface area (Å²) in [5.41, 5.74) is 0.472. The molecule has 0 bridgehead atoms. The molecule has 0 saturated heterocycles. The zero-order valence-corrected chi connectivity index (χ0v) is 17.7. The van der Waals surface area contributed by atoms with Crippen molar-refractivity contribution in [1.29, 1.82) is 0 Å². The number of nitrogens with zero attached hydrogens (tertiary/aromatic N) is 3. The quantitative estimate of drug-likeness (QED) is 0.639. The summed E-state index contributed by atoms with van der Waals surface area (Å²) >= 11 is 0. The fourth-order valence-corrected chi connectivity index (χ4v) is 3.58. The monoisotopic (exact) mass is 412 g/mol. The Morgan fingerprint density at radius 3 is 1.93 bits per heavy atom. The van der Waals surface area contributed by atoms with Gasteiger partial charge < -0.3 is 15.1 Å². The molecule has 28 heavy (non-hydrogen) atoms. The highest BCUT2D eigenvalue weighted by molar-refractivity contribution is 7.89. The second-order valence-electron chi connectivity index (χ2n) is 6.28. The van der Waals surface area contributed by atoms with Crippen LogP contribution in [0.15, 0.2) is 29.2 Å². The summed E-state index contributed by atoms with van der Waals surface area (Å²) in [6, 6.07) is 5.65. The Bertz CT molecular complexity index is 804. The lowest BCUT2D eigenvalue weighted by molar-refractivity contribution is -0.139. The summed E-state index contributed by atoms with van der Waals surface area (Å²) in [7, 11) is -1.12. The first-order chi connectivity index (χ1) is 13.0. The number of benzene rings is 1. The van der Waals surface area contributed by atoms with Crippen LogP contribution in [-0.4, -0.2) is 80.5 Å². The molecule has 0 saturated carbocycles. The van der Waals surface area contributed by atoms with Crippen molar-refractivity contribution in [2.24, 2.45) is 0 Å². The van der Waals surface area contributed by atoms with Gasteiger partial charge in [0, 0.05) is 39.8 Å². The molecular formula is C18H28N4O5S. The maximum absolute atomic E-state index is 12.6. The van der Waals surface area contributed by atoms with Crippen LogP contribution in [0.25, 0.3) is 0 Å². The third kappa shape index (κ3) is 6.31. The van der Waals surface area contributed by atoms with Crippen molar-refractivity contribution in [1.82, 2.24) is 14.1 Å². The molecule has 156 valence electrons. The summed E-state index contributed by atoms with van der Waals surface area (Å²) in [6.07, 6.45) is 0. The van der Waals surface area contributed by atoms with Crippen LogP contribution in [0.2, 0.25) is 0 Å². The van der Waals surface area contributed by atoms with Gasteiger partial charge in [-0.15, -0.1) is 0 Å². The highest BCUT2D eigenvalue weighted by Crippen LogP contribution is 2.17. The third-order valence-electron chi connectivity index (χ3n) is 4.16. The SMILES string of the molecule is CCN(CC)C(=O)CN(C)C(=O)CN(C)S(=O)(=O)c1ccc(NC(C)=O)cc1. The van der Waals surface area contributed by atoms with Crippen LogP contribution in [0.4, 0.5) is 5.69 Å². The number of nitrogens with one attached hydrogen (secondary N) is 1. The van der Waals surface area contributed by atoms with E-state index in [4.69, 9.17) is 0 Å². The lowest BCUT2D eigenvalue weighted by Gasteiger charge is -2.25. The van der Waals surface area contributed by atoms with Gasteiger partial charge in [0.05, 0.1) is 18.0 Å². The van der Waals surface area contributed by atoms with Gasteiger partial charge in [0.15, 0.2) is 0 Å². The Labute approximate surface area is 166 Å². The number of amides is 3. The third-order valence-corrected chi connectivity index (χ3v) is 5.97. The fraction of sp³-hybridized carbons (Fsp3) is 0.500. The summed E-state index contributed by atoms with van der Waals surface area (Å²) < 4.78 is 26.2. The standard InChI is InChI=1S/C18H28N4O5S/c1-6-22(7-2)18(25)12-20(4)17(24)13-21(5)28(26,27)16-10-8-15(9-11-16)19-14(3)23/h8-11H,6-7,12-13H2,1-5H3,(H,19,23). The van der Waals surface area contributed by atoms with Gasteiger partial charge in [-0.1, -0.05) is 0 Å². The van der Waals surface area contributed by atoms with Gasteiger partial charge in [-0.05, 0) is 38.1 Å². The number of anilines is 1. The predicted molar refractivity (Wildman–Crippen MR) is 106 cm³/mol. The lowest BCUT2D eigenvalue weighted by Crippen LogP contribution is -2.44. The van der Waals surface area contributed by atoms with E-state index in [2.05, 4.69) is 5.32 Å². The zero-order chi connectivity index (χ0) is 21.5. The van der Waals surface area contributed by atoms with E-state index in [1.165, 1.54) is 50.2 Å². The molecule has 3 amide bonds. The van der Waals surface area contributed by atoms with Gasteiger partial charge in [0.2, 0.25) is 27.7 Å². The van der Waals surface area contributed by atoms with E-state index >= 15 is 0 Å². The molecule has 0 heterocycles. The summed E-state index contributed by atoms with van der Waals surface area (Å²) in [5, 5.41) is 2.55. The molecule has 0 aliphatic carbocycles. The first-order valence-corrected chi connectivity index (χ1v) is 10.3. The van der Waals surface area contributed by atoms with Crippen molar-refractivity contribution in [2.45, 2.75) is 25.7 Å². The minimum Gasteiger partial charge on any atom is -0.342 e. The van der Waals surface area contributed by atoms with Crippen LogP contribution < -0.4 is 5.32 Å². The van der Waals surface area contributed by atoms with E-state index in [0.717, 1.165) is 4.31 Å². The molecule has 0 aliphatic rings. The van der Waals surface area contributed by atoms with Crippen molar-refractivity contribution in [3.8, 4) is 0 Å². The summed E-state index contributed by atoms with van der Waals surface area (Å²) in [4.78, 5) is 38.3.